The number of aromatic nitrogens is 1. The Kier molecular flexibility index (Phi) is 3.74. The fraction of sp³-hybridized carbons (Fsp3) is 0.312. The predicted octanol–water partition coefficient (Wildman–Crippen LogP) is 3.86. The number of nitrogens with zero attached hydrogens (tertiary/aromatic N) is 1. The summed E-state index contributed by atoms with van der Waals surface area (Å²) in [6.07, 6.45) is 2.52. The summed E-state index contributed by atoms with van der Waals surface area (Å²) in [6.45, 7) is 6.29. The van der Waals surface area contributed by atoms with Gasteiger partial charge in [0.05, 0.1) is 5.56 Å². The van der Waals surface area contributed by atoms with Crippen LogP contribution in [0.15, 0.2) is 36.5 Å². The van der Waals surface area contributed by atoms with E-state index in [-0.39, 0.29) is 0 Å². The third-order valence-corrected chi connectivity index (χ3v) is 3.40. The van der Waals surface area contributed by atoms with Crippen molar-refractivity contribution in [1.82, 2.24) is 4.57 Å². The number of hydrogen-bond donors (Lipinski definition) is 1. The van der Waals surface area contributed by atoms with Crippen LogP contribution in [0.5, 0.6) is 0 Å². The van der Waals surface area contributed by atoms with Crippen LogP contribution in [0.2, 0.25) is 0 Å². The summed E-state index contributed by atoms with van der Waals surface area (Å²) in [5.74, 6) is -0.367. The highest BCUT2D eigenvalue weighted by molar-refractivity contribution is 5.89. The minimum absolute atomic E-state index is 0.385. The van der Waals surface area contributed by atoms with Gasteiger partial charge in [-0.3, -0.25) is 0 Å². The monoisotopic (exact) mass is 257 g/mol. The molecule has 2 aromatic rings. The van der Waals surface area contributed by atoms with Crippen LogP contribution >= 0.6 is 0 Å². The van der Waals surface area contributed by atoms with Gasteiger partial charge in [0.2, 0.25) is 0 Å². The van der Waals surface area contributed by atoms with Gasteiger partial charge in [-0.15, -0.1) is 0 Å². The van der Waals surface area contributed by atoms with Crippen LogP contribution in [-0.4, -0.2) is 15.6 Å². The summed E-state index contributed by atoms with van der Waals surface area (Å²) in [6, 6.07) is 9.94. The van der Waals surface area contributed by atoms with E-state index in [4.69, 9.17) is 5.11 Å². The lowest BCUT2D eigenvalue weighted by Gasteiger charge is -2.11. The maximum Gasteiger partial charge on any atom is 0.337 e. The highest BCUT2D eigenvalue weighted by atomic mass is 16.4. The van der Waals surface area contributed by atoms with Crippen LogP contribution in [-0.2, 0) is 6.42 Å². The van der Waals surface area contributed by atoms with Crippen LogP contribution in [0.4, 0.5) is 0 Å². The lowest BCUT2D eigenvalue weighted by atomic mass is 10.0. The van der Waals surface area contributed by atoms with E-state index in [1.54, 1.807) is 6.07 Å². The minimum atomic E-state index is -0.866. The number of benzene rings is 1. The van der Waals surface area contributed by atoms with Crippen molar-refractivity contribution in [1.29, 1.82) is 0 Å². The first-order valence-corrected chi connectivity index (χ1v) is 6.58. The fourth-order valence-corrected chi connectivity index (χ4v) is 2.28. The van der Waals surface area contributed by atoms with Crippen LogP contribution in [0.1, 0.15) is 48.3 Å². The first kappa shape index (κ1) is 13.4. The molecule has 1 aromatic carbocycles. The molecular weight excluding hydrogens is 238 g/mol. The molecule has 100 valence electrons. The van der Waals surface area contributed by atoms with Crippen LogP contribution in [0, 0.1) is 0 Å². The standard InChI is InChI=1S/C16H19NO2/c1-4-15-14(16(18)19)9-10-17(15)13-7-5-12(6-8-13)11(2)3/h5-11H,4H2,1-3H3,(H,18,19). The Bertz CT molecular complexity index is 579. The smallest absolute Gasteiger partial charge is 0.337 e. The number of carboxylic acid groups (broad SMARTS) is 1. The van der Waals surface area contributed by atoms with Crippen LogP contribution in [0.3, 0.4) is 0 Å². The predicted molar refractivity (Wildman–Crippen MR) is 76.2 cm³/mol. The molecule has 3 nitrogen and oxygen atoms in total. The van der Waals surface area contributed by atoms with E-state index < -0.39 is 5.97 Å². The number of hydrogen-bond acceptors (Lipinski definition) is 1. The lowest BCUT2D eigenvalue weighted by Crippen LogP contribution is -2.04. The van der Waals surface area contributed by atoms with E-state index in [1.807, 2.05) is 29.8 Å². The first-order valence-electron chi connectivity index (χ1n) is 6.58. The van der Waals surface area contributed by atoms with Gasteiger partial charge in [-0.2, -0.15) is 0 Å². The minimum Gasteiger partial charge on any atom is -0.478 e. The maximum atomic E-state index is 11.2. The number of carbonyl (C=O) groups is 1. The Morgan fingerprint density at radius 1 is 1.21 bits per heavy atom. The molecule has 19 heavy (non-hydrogen) atoms. The molecule has 0 amide bonds. The summed E-state index contributed by atoms with van der Waals surface area (Å²) in [5.41, 5.74) is 3.52. The summed E-state index contributed by atoms with van der Waals surface area (Å²) in [4.78, 5) is 11.2. The SMILES string of the molecule is CCc1c(C(=O)O)ccn1-c1ccc(C(C)C)cc1. The Balaban J connectivity index is 2.44. The van der Waals surface area contributed by atoms with Gasteiger partial charge in [0.1, 0.15) is 0 Å². The van der Waals surface area contributed by atoms with E-state index in [0.717, 1.165) is 11.4 Å². The van der Waals surface area contributed by atoms with E-state index in [1.165, 1.54) is 5.56 Å². The Morgan fingerprint density at radius 2 is 1.84 bits per heavy atom. The molecule has 0 radical (unpaired) electrons. The van der Waals surface area contributed by atoms with Crippen LogP contribution in [0.25, 0.3) is 5.69 Å². The van der Waals surface area contributed by atoms with Gasteiger partial charge in [0.25, 0.3) is 0 Å². The van der Waals surface area contributed by atoms with Crippen molar-refractivity contribution in [3.63, 3.8) is 0 Å². The van der Waals surface area contributed by atoms with Gasteiger partial charge in [-0.1, -0.05) is 32.9 Å². The Hall–Kier alpha value is -2.03. The molecule has 0 aliphatic rings. The molecule has 0 bridgehead atoms. The lowest BCUT2D eigenvalue weighted by molar-refractivity contribution is 0.0696. The highest BCUT2D eigenvalue weighted by Crippen LogP contribution is 2.21. The van der Waals surface area contributed by atoms with Crippen molar-refractivity contribution in [3.05, 3.63) is 53.3 Å². The van der Waals surface area contributed by atoms with Gasteiger partial charge in [-0.25, -0.2) is 4.79 Å². The van der Waals surface area contributed by atoms with E-state index >= 15 is 0 Å². The fourth-order valence-electron chi connectivity index (χ4n) is 2.28. The average molecular weight is 257 g/mol. The van der Waals surface area contributed by atoms with Crippen molar-refractivity contribution in [2.45, 2.75) is 33.1 Å². The molecule has 1 aromatic heterocycles. The normalized spacial score (nSPS) is 10.9. The van der Waals surface area contributed by atoms with Gasteiger partial charge >= 0.3 is 5.97 Å². The highest BCUT2D eigenvalue weighted by Gasteiger charge is 2.14. The molecule has 0 fully saturated rings. The van der Waals surface area contributed by atoms with Gasteiger partial charge in [-0.05, 0) is 36.1 Å². The molecule has 0 aliphatic carbocycles. The second-order valence-electron chi connectivity index (χ2n) is 4.95. The third-order valence-electron chi connectivity index (χ3n) is 3.40. The summed E-state index contributed by atoms with van der Waals surface area (Å²) in [5, 5.41) is 9.16. The van der Waals surface area contributed by atoms with Gasteiger partial charge < -0.3 is 9.67 Å². The van der Waals surface area contributed by atoms with Gasteiger partial charge in [0.15, 0.2) is 0 Å². The molecule has 3 heteroatoms. The first-order chi connectivity index (χ1) is 9.04. The van der Waals surface area contributed by atoms with E-state index in [0.29, 0.717) is 17.9 Å². The summed E-state index contributed by atoms with van der Waals surface area (Å²) >= 11 is 0. The summed E-state index contributed by atoms with van der Waals surface area (Å²) in [7, 11) is 0. The second-order valence-corrected chi connectivity index (χ2v) is 4.95. The van der Waals surface area contributed by atoms with Crippen molar-refractivity contribution in [2.24, 2.45) is 0 Å². The van der Waals surface area contributed by atoms with Crippen molar-refractivity contribution in [3.8, 4) is 5.69 Å². The quantitative estimate of drug-likeness (QED) is 0.903. The number of carboxylic acids is 1. The molecular formula is C16H19NO2. The molecule has 2 rings (SSSR count). The zero-order chi connectivity index (χ0) is 14.0. The number of rotatable bonds is 4. The number of aromatic carboxylic acids is 1. The van der Waals surface area contributed by atoms with Crippen molar-refractivity contribution < 1.29 is 9.90 Å². The van der Waals surface area contributed by atoms with Crippen molar-refractivity contribution in [2.75, 3.05) is 0 Å². The van der Waals surface area contributed by atoms with E-state index in [2.05, 4.69) is 26.0 Å². The molecule has 0 saturated heterocycles. The van der Waals surface area contributed by atoms with Crippen molar-refractivity contribution >= 4 is 5.97 Å². The Labute approximate surface area is 113 Å². The van der Waals surface area contributed by atoms with Gasteiger partial charge in [0, 0.05) is 17.6 Å². The van der Waals surface area contributed by atoms with E-state index in [9.17, 15) is 4.79 Å². The molecule has 0 atom stereocenters. The molecule has 0 unspecified atom stereocenters. The molecule has 0 saturated carbocycles. The molecule has 1 heterocycles. The third kappa shape index (κ3) is 2.55. The average Bonchev–Trinajstić information content (AvgIpc) is 2.82. The zero-order valence-electron chi connectivity index (χ0n) is 11.6. The molecule has 1 N–H and O–H groups in total. The summed E-state index contributed by atoms with van der Waals surface area (Å²) < 4.78 is 1.95. The topological polar surface area (TPSA) is 42.2 Å². The molecule has 0 spiro atoms. The maximum absolute atomic E-state index is 11.2. The van der Waals surface area contributed by atoms with Crippen LogP contribution < -0.4 is 0 Å². The Morgan fingerprint density at radius 3 is 2.32 bits per heavy atom. The zero-order valence-corrected chi connectivity index (χ0v) is 11.6. The molecule has 0 aliphatic heterocycles. The largest absolute Gasteiger partial charge is 0.478 e. The second kappa shape index (κ2) is 5.31.